The fourth-order valence-corrected chi connectivity index (χ4v) is 3.94. The molecule has 0 radical (unpaired) electrons. The Balaban J connectivity index is 1.60. The number of thiophene rings is 1. The summed E-state index contributed by atoms with van der Waals surface area (Å²) >= 11 is 3.10. The lowest BCUT2D eigenvalue weighted by atomic mass is 10.1. The van der Waals surface area contributed by atoms with Gasteiger partial charge in [0.15, 0.2) is 0 Å². The highest BCUT2D eigenvalue weighted by Crippen LogP contribution is 2.26. The Kier molecular flexibility index (Phi) is 3.44. The number of benzene rings is 2. The van der Waals surface area contributed by atoms with Crippen molar-refractivity contribution in [3.05, 3.63) is 70.1 Å². The molecule has 0 unspecified atom stereocenters. The average Bonchev–Trinajstić information content (AvgIpc) is 3.02. The van der Waals surface area contributed by atoms with Crippen molar-refractivity contribution in [2.75, 3.05) is 0 Å². The smallest absolute Gasteiger partial charge is 0.268 e. The Bertz CT molecular complexity index is 1020. The van der Waals surface area contributed by atoms with Gasteiger partial charge in [-0.05, 0) is 34.4 Å². The third kappa shape index (κ3) is 2.53. The van der Waals surface area contributed by atoms with E-state index in [-0.39, 0.29) is 5.56 Å². The quantitative estimate of drug-likeness (QED) is 0.567. The summed E-state index contributed by atoms with van der Waals surface area (Å²) in [5, 5.41) is 4.35. The molecular formula is C17H12N2OS2. The molecule has 2 heterocycles. The zero-order valence-corrected chi connectivity index (χ0v) is 13.2. The highest BCUT2D eigenvalue weighted by atomic mass is 32.2. The van der Waals surface area contributed by atoms with Crippen molar-refractivity contribution >= 4 is 44.1 Å². The number of nitrogens with one attached hydrogen (secondary N) is 1. The summed E-state index contributed by atoms with van der Waals surface area (Å²) in [5.41, 5.74) is 0.733. The molecule has 22 heavy (non-hydrogen) atoms. The number of aromatic amines is 1. The molecule has 0 aliphatic carbocycles. The number of fused-ring (bicyclic) bond motifs is 2. The summed E-state index contributed by atoms with van der Waals surface area (Å²) in [4.78, 5) is 20.5. The molecule has 3 nitrogen and oxygen atoms in total. The van der Waals surface area contributed by atoms with Crippen molar-refractivity contribution in [2.45, 2.75) is 10.6 Å². The molecule has 0 saturated heterocycles. The van der Waals surface area contributed by atoms with E-state index in [0.717, 1.165) is 5.52 Å². The zero-order chi connectivity index (χ0) is 14.9. The molecule has 0 saturated carbocycles. The number of rotatable bonds is 3. The molecule has 5 heteroatoms. The maximum atomic E-state index is 12.0. The van der Waals surface area contributed by atoms with Crippen LogP contribution in [0, 0.1) is 0 Å². The van der Waals surface area contributed by atoms with Gasteiger partial charge in [0.2, 0.25) is 0 Å². The molecule has 0 atom stereocenters. The summed E-state index contributed by atoms with van der Waals surface area (Å²) in [5.74, 6) is 1.37. The molecule has 0 aliphatic rings. The van der Waals surface area contributed by atoms with Crippen LogP contribution in [-0.4, -0.2) is 9.97 Å². The molecule has 0 spiro atoms. The number of H-pyrrole nitrogens is 1. The number of hydrogen-bond acceptors (Lipinski definition) is 4. The third-order valence-corrected chi connectivity index (χ3v) is 5.37. The van der Waals surface area contributed by atoms with E-state index in [9.17, 15) is 4.79 Å². The Labute approximate surface area is 135 Å². The largest absolute Gasteiger partial charge is 0.309 e. The van der Waals surface area contributed by atoms with Gasteiger partial charge in [-0.1, -0.05) is 30.3 Å². The van der Waals surface area contributed by atoms with E-state index < -0.39 is 0 Å². The first-order valence-electron chi connectivity index (χ1n) is 6.87. The van der Waals surface area contributed by atoms with Crippen molar-refractivity contribution in [1.29, 1.82) is 0 Å². The number of aromatic nitrogens is 2. The standard InChI is InChI=1S/C17H12N2OS2/c20-17-16-14(7-8-21-16)18-15(19-17)10-22-13-6-5-11-3-1-2-4-12(11)9-13/h1-9H,10H2,(H,18,19,20). The predicted molar refractivity (Wildman–Crippen MR) is 93.7 cm³/mol. The molecular weight excluding hydrogens is 312 g/mol. The highest BCUT2D eigenvalue weighted by molar-refractivity contribution is 7.98. The van der Waals surface area contributed by atoms with Gasteiger partial charge in [-0.25, -0.2) is 4.98 Å². The number of nitrogens with zero attached hydrogens (tertiary/aromatic N) is 1. The Morgan fingerprint density at radius 3 is 2.86 bits per heavy atom. The first-order valence-corrected chi connectivity index (χ1v) is 8.74. The SMILES string of the molecule is O=c1[nH]c(CSc2ccc3ccccc3c2)nc2ccsc12. The molecule has 4 aromatic rings. The van der Waals surface area contributed by atoms with Gasteiger partial charge >= 0.3 is 0 Å². The van der Waals surface area contributed by atoms with E-state index in [1.165, 1.54) is 27.0 Å². The average molecular weight is 324 g/mol. The minimum absolute atomic E-state index is 0.0471. The van der Waals surface area contributed by atoms with Crippen LogP contribution in [0.5, 0.6) is 0 Å². The monoisotopic (exact) mass is 324 g/mol. The van der Waals surface area contributed by atoms with Gasteiger partial charge in [-0.3, -0.25) is 4.79 Å². The zero-order valence-electron chi connectivity index (χ0n) is 11.6. The first kappa shape index (κ1) is 13.5. The van der Waals surface area contributed by atoms with Gasteiger partial charge in [0.1, 0.15) is 10.5 Å². The Morgan fingerprint density at radius 1 is 1.09 bits per heavy atom. The topological polar surface area (TPSA) is 45.8 Å². The van der Waals surface area contributed by atoms with Crippen molar-refractivity contribution in [3.63, 3.8) is 0 Å². The summed E-state index contributed by atoms with van der Waals surface area (Å²) in [7, 11) is 0. The molecule has 0 fully saturated rings. The van der Waals surface area contributed by atoms with Crippen LogP contribution in [0.3, 0.4) is 0 Å². The van der Waals surface area contributed by atoms with E-state index in [4.69, 9.17) is 0 Å². The van der Waals surface area contributed by atoms with Crippen molar-refractivity contribution < 1.29 is 0 Å². The van der Waals surface area contributed by atoms with E-state index in [0.29, 0.717) is 16.3 Å². The minimum Gasteiger partial charge on any atom is -0.309 e. The van der Waals surface area contributed by atoms with Crippen LogP contribution in [0.1, 0.15) is 5.82 Å². The molecule has 4 rings (SSSR count). The van der Waals surface area contributed by atoms with Crippen LogP contribution in [-0.2, 0) is 5.75 Å². The Hall–Kier alpha value is -2.11. The summed E-state index contributed by atoms with van der Waals surface area (Å²) in [6.07, 6.45) is 0. The summed E-state index contributed by atoms with van der Waals surface area (Å²) in [6, 6.07) is 16.6. The second-order valence-corrected chi connectivity index (χ2v) is 6.91. The van der Waals surface area contributed by atoms with Crippen LogP contribution in [0.2, 0.25) is 0 Å². The van der Waals surface area contributed by atoms with Gasteiger partial charge in [-0.2, -0.15) is 0 Å². The molecule has 1 N–H and O–H groups in total. The number of hydrogen-bond donors (Lipinski definition) is 1. The van der Waals surface area contributed by atoms with Crippen LogP contribution < -0.4 is 5.56 Å². The van der Waals surface area contributed by atoms with Crippen LogP contribution in [0.4, 0.5) is 0 Å². The van der Waals surface area contributed by atoms with Crippen LogP contribution in [0.25, 0.3) is 21.0 Å². The van der Waals surface area contributed by atoms with E-state index in [2.05, 4.69) is 40.3 Å². The lowest BCUT2D eigenvalue weighted by Crippen LogP contribution is -2.09. The van der Waals surface area contributed by atoms with Crippen molar-refractivity contribution in [1.82, 2.24) is 9.97 Å². The van der Waals surface area contributed by atoms with E-state index in [1.807, 2.05) is 23.6 Å². The van der Waals surface area contributed by atoms with Crippen molar-refractivity contribution in [2.24, 2.45) is 0 Å². The highest BCUT2D eigenvalue weighted by Gasteiger charge is 2.05. The molecule has 2 aromatic carbocycles. The number of thioether (sulfide) groups is 1. The van der Waals surface area contributed by atoms with Crippen LogP contribution >= 0.6 is 23.1 Å². The van der Waals surface area contributed by atoms with E-state index in [1.54, 1.807) is 11.8 Å². The Morgan fingerprint density at radius 2 is 1.95 bits per heavy atom. The van der Waals surface area contributed by atoms with Gasteiger partial charge in [0.25, 0.3) is 5.56 Å². The summed E-state index contributed by atoms with van der Waals surface area (Å²) < 4.78 is 0.694. The molecule has 2 aromatic heterocycles. The van der Waals surface area contributed by atoms with E-state index >= 15 is 0 Å². The summed E-state index contributed by atoms with van der Waals surface area (Å²) in [6.45, 7) is 0. The predicted octanol–water partition coefficient (Wildman–Crippen LogP) is 4.43. The maximum Gasteiger partial charge on any atom is 0.268 e. The minimum atomic E-state index is -0.0471. The first-order chi connectivity index (χ1) is 10.8. The molecule has 0 amide bonds. The van der Waals surface area contributed by atoms with Gasteiger partial charge < -0.3 is 4.98 Å². The fraction of sp³-hybridized carbons (Fsp3) is 0.0588. The van der Waals surface area contributed by atoms with Gasteiger partial charge in [0.05, 0.1) is 11.3 Å². The normalized spacial score (nSPS) is 11.3. The third-order valence-electron chi connectivity index (χ3n) is 3.46. The second-order valence-electron chi connectivity index (χ2n) is 4.95. The lowest BCUT2D eigenvalue weighted by molar-refractivity contribution is 1.04. The molecule has 108 valence electrons. The van der Waals surface area contributed by atoms with Crippen molar-refractivity contribution in [3.8, 4) is 0 Å². The molecule has 0 bridgehead atoms. The second kappa shape index (κ2) is 5.59. The molecule has 0 aliphatic heterocycles. The van der Waals surface area contributed by atoms with Gasteiger partial charge in [0, 0.05) is 4.90 Å². The lowest BCUT2D eigenvalue weighted by Gasteiger charge is -2.04. The fourth-order valence-electron chi connectivity index (χ4n) is 2.40. The van der Waals surface area contributed by atoms with Gasteiger partial charge in [-0.15, -0.1) is 23.1 Å². The van der Waals surface area contributed by atoms with Crippen LogP contribution in [0.15, 0.2) is 63.6 Å². The maximum absolute atomic E-state index is 12.0.